The minimum absolute atomic E-state index is 0.137. The first-order valence-electron chi connectivity index (χ1n) is 6.61. The molecule has 0 spiro atoms. The smallest absolute Gasteiger partial charge is 0.294 e. The standard InChI is InChI=1S/C15H11Br2NO4S/c16-10-1-3-11(4-2-10)18(12-7-8-23(20,21)9-12)15(19)13-5-6-14(17)22-13/h1-8,12H,9H2/t12-/m0/s1. The molecule has 0 fully saturated rings. The summed E-state index contributed by atoms with van der Waals surface area (Å²) >= 11 is 6.51. The van der Waals surface area contributed by atoms with Crippen LogP contribution < -0.4 is 4.90 Å². The van der Waals surface area contributed by atoms with E-state index in [-0.39, 0.29) is 11.5 Å². The molecule has 1 aromatic carbocycles. The van der Waals surface area contributed by atoms with Crippen molar-refractivity contribution >= 4 is 53.3 Å². The van der Waals surface area contributed by atoms with Gasteiger partial charge in [0.2, 0.25) is 0 Å². The van der Waals surface area contributed by atoms with Crippen LogP contribution in [0, 0.1) is 0 Å². The van der Waals surface area contributed by atoms with Gasteiger partial charge in [0.15, 0.2) is 20.3 Å². The minimum Gasteiger partial charge on any atom is -0.444 e. The maximum atomic E-state index is 12.8. The van der Waals surface area contributed by atoms with Gasteiger partial charge in [-0.3, -0.25) is 9.69 Å². The van der Waals surface area contributed by atoms with Gasteiger partial charge < -0.3 is 4.42 Å². The fraction of sp³-hybridized carbons (Fsp3) is 0.133. The van der Waals surface area contributed by atoms with E-state index in [0.29, 0.717) is 10.4 Å². The van der Waals surface area contributed by atoms with Crippen molar-refractivity contribution in [1.29, 1.82) is 0 Å². The van der Waals surface area contributed by atoms with Crippen LogP contribution >= 0.6 is 31.9 Å². The van der Waals surface area contributed by atoms with Crippen LogP contribution in [0.5, 0.6) is 0 Å². The second-order valence-electron chi connectivity index (χ2n) is 4.98. The number of hydrogen-bond acceptors (Lipinski definition) is 4. The van der Waals surface area contributed by atoms with Crippen LogP contribution in [-0.4, -0.2) is 26.1 Å². The quantitative estimate of drug-likeness (QED) is 0.699. The minimum atomic E-state index is -3.29. The molecule has 23 heavy (non-hydrogen) atoms. The van der Waals surface area contributed by atoms with Crippen LogP contribution in [0.4, 0.5) is 5.69 Å². The third-order valence-corrected chi connectivity index (χ3v) is 5.68. The van der Waals surface area contributed by atoms with E-state index in [1.165, 1.54) is 11.0 Å². The van der Waals surface area contributed by atoms with Crippen molar-refractivity contribution in [3.05, 3.63) is 62.8 Å². The Morgan fingerprint density at radius 2 is 1.83 bits per heavy atom. The Hall–Kier alpha value is -1.38. The Labute approximate surface area is 150 Å². The SMILES string of the molecule is O=C(c1ccc(Br)o1)N(c1ccc(Br)cc1)[C@H]1C=CS(=O)(=O)C1. The molecule has 8 heteroatoms. The van der Waals surface area contributed by atoms with Gasteiger partial charge in [-0.15, -0.1) is 0 Å². The average molecular weight is 461 g/mol. The molecule has 120 valence electrons. The van der Waals surface area contributed by atoms with Crippen molar-refractivity contribution in [3.63, 3.8) is 0 Å². The van der Waals surface area contributed by atoms with Crippen LogP contribution in [0.1, 0.15) is 10.6 Å². The van der Waals surface area contributed by atoms with Gasteiger partial charge in [0, 0.05) is 15.6 Å². The van der Waals surface area contributed by atoms with E-state index in [1.807, 2.05) is 0 Å². The largest absolute Gasteiger partial charge is 0.444 e. The highest BCUT2D eigenvalue weighted by molar-refractivity contribution is 9.10. The predicted octanol–water partition coefficient (Wildman–Crippen LogP) is 3.76. The van der Waals surface area contributed by atoms with Crippen LogP contribution in [0.15, 0.2) is 61.4 Å². The predicted molar refractivity (Wildman–Crippen MR) is 94.1 cm³/mol. The molecule has 1 amide bonds. The Morgan fingerprint density at radius 3 is 2.35 bits per heavy atom. The van der Waals surface area contributed by atoms with Gasteiger partial charge in [-0.2, -0.15) is 0 Å². The Morgan fingerprint density at radius 1 is 1.13 bits per heavy atom. The number of halogens is 2. The van der Waals surface area contributed by atoms with Crippen molar-refractivity contribution in [2.75, 3.05) is 10.7 Å². The second-order valence-corrected chi connectivity index (χ2v) is 8.61. The lowest BCUT2D eigenvalue weighted by molar-refractivity contribution is 0.0955. The molecule has 0 aliphatic carbocycles. The van der Waals surface area contributed by atoms with Gasteiger partial charge in [-0.1, -0.05) is 15.9 Å². The number of carbonyl (C=O) groups is 1. The summed E-state index contributed by atoms with van der Waals surface area (Å²) in [4.78, 5) is 14.2. The molecule has 2 heterocycles. The van der Waals surface area contributed by atoms with E-state index in [1.54, 1.807) is 36.4 Å². The molecule has 0 radical (unpaired) electrons. The third kappa shape index (κ3) is 3.59. The fourth-order valence-corrected chi connectivity index (χ4v) is 4.17. The third-order valence-electron chi connectivity index (χ3n) is 3.35. The lowest BCUT2D eigenvalue weighted by atomic mass is 10.2. The molecule has 0 bridgehead atoms. The Balaban J connectivity index is 2.01. The van der Waals surface area contributed by atoms with E-state index in [9.17, 15) is 13.2 Å². The van der Waals surface area contributed by atoms with E-state index in [4.69, 9.17) is 4.42 Å². The number of nitrogens with zero attached hydrogens (tertiary/aromatic N) is 1. The normalized spacial score (nSPS) is 19.0. The molecule has 1 aliphatic rings. The zero-order valence-electron chi connectivity index (χ0n) is 11.6. The first kappa shape index (κ1) is 16.5. The van der Waals surface area contributed by atoms with Crippen LogP contribution in [0.3, 0.4) is 0 Å². The zero-order valence-corrected chi connectivity index (χ0v) is 15.6. The molecule has 3 rings (SSSR count). The van der Waals surface area contributed by atoms with Crippen molar-refractivity contribution in [1.82, 2.24) is 0 Å². The van der Waals surface area contributed by atoms with E-state index in [2.05, 4.69) is 31.9 Å². The molecular weight excluding hydrogens is 450 g/mol. The summed E-state index contributed by atoms with van der Waals surface area (Å²) in [5.41, 5.74) is 0.595. The van der Waals surface area contributed by atoms with Crippen LogP contribution in [-0.2, 0) is 9.84 Å². The molecule has 0 saturated carbocycles. The van der Waals surface area contributed by atoms with Crippen molar-refractivity contribution in [3.8, 4) is 0 Å². The van der Waals surface area contributed by atoms with E-state index >= 15 is 0 Å². The second kappa shape index (κ2) is 6.26. The molecule has 1 aromatic heterocycles. The molecule has 1 aliphatic heterocycles. The van der Waals surface area contributed by atoms with Gasteiger partial charge in [-0.25, -0.2) is 8.42 Å². The number of rotatable bonds is 3. The topological polar surface area (TPSA) is 67.6 Å². The zero-order chi connectivity index (χ0) is 16.6. The number of amides is 1. The van der Waals surface area contributed by atoms with Gasteiger partial charge in [0.25, 0.3) is 5.91 Å². The maximum Gasteiger partial charge on any atom is 0.294 e. The maximum absolute atomic E-state index is 12.8. The number of benzene rings is 1. The van der Waals surface area contributed by atoms with Crippen LogP contribution in [0.2, 0.25) is 0 Å². The van der Waals surface area contributed by atoms with Crippen molar-refractivity contribution < 1.29 is 17.6 Å². The number of hydrogen-bond donors (Lipinski definition) is 0. The average Bonchev–Trinajstić information content (AvgIpc) is 3.07. The summed E-state index contributed by atoms with van der Waals surface area (Å²) in [6.07, 6.45) is 1.52. The molecule has 0 N–H and O–H groups in total. The first-order valence-corrected chi connectivity index (χ1v) is 9.91. The van der Waals surface area contributed by atoms with Gasteiger partial charge >= 0.3 is 0 Å². The molecule has 1 atom stereocenters. The number of furan rings is 1. The monoisotopic (exact) mass is 459 g/mol. The molecule has 2 aromatic rings. The highest BCUT2D eigenvalue weighted by Crippen LogP contribution is 2.27. The van der Waals surface area contributed by atoms with Crippen molar-refractivity contribution in [2.24, 2.45) is 0 Å². The number of sulfone groups is 1. The lowest BCUT2D eigenvalue weighted by Gasteiger charge is -2.26. The molecule has 0 saturated heterocycles. The van der Waals surface area contributed by atoms with E-state index in [0.717, 1.165) is 9.88 Å². The van der Waals surface area contributed by atoms with E-state index < -0.39 is 21.8 Å². The summed E-state index contributed by atoms with van der Waals surface area (Å²) in [6.45, 7) is 0. The summed E-state index contributed by atoms with van der Waals surface area (Å²) < 4.78 is 30.1. The van der Waals surface area contributed by atoms with Crippen molar-refractivity contribution in [2.45, 2.75) is 6.04 Å². The summed E-state index contributed by atoms with van der Waals surface area (Å²) in [5.74, 6) is -0.404. The number of anilines is 1. The van der Waals surface area contributed by atoms with Crippen LogP contribution in [0.25, 0.3) is 0 Å². The van der Waals surface area contributed by atoms with Gasteiger partial charge in [0.1, 0.15) is 0 Å². The summed E-state index contributed by atoms with van der Waals surface area (Å²) in [7, 11) is -3.29. The molecule has 5 nitrogen and oxygen atoms in total. The van der Waals surface area contributed by atoms with Gasteiger partial charge in [0.05, 0.1) is 11.8 Å². The fourth-order valence-electron chi connectivity index (χ4n) is 2.33. The summed E-state index contributed by atoms with van der Waals surface area (Å²) in [5, 5.41) is 1.15. The summed E-state index contributed by atoms with van der Waals surface area (Å²) in [6, 6.07) is 9.68. The Bertz CT molecular complexity index is 871. The first-order chi connectivity index (χ1) is 10.9. The highest BCUT2D eigenvalue weighted by Gasteiger charge is 2.33. The number of carbonyl (C=O) groups excluding carboxylic acids is 1. The van der Waals surface area contributed by atoms with Gasteiger partial charge in [-0.05, 0) is 58.4 Å². The molecular formula is C15H11Br2NO4S. The molecule has 0 unspecified atom stereocenters. The Kier molecular flexibility index (Phi) is 4.48. The lowest BCUT2D eigenvalue weighted by Crippen LogP contribution is -2.41. The highest BCUT2D eigenvalue weighted by atomic mass is 79.9.